The topological polar surface area (TPSA) is 27.3 Å². The van der Waals surface area contributed by atoms with Crippen LogP contribution in [-0.4, -0.2) is 44.8 Å². The lowest BCUT2D eigenvalue weighted by molar-refractivity contribution is 0.351. The summed E-state index contributed by atoms with van der Waals surface area (Å²) in [6.07, 6.45) is 1.72. The Morgan fingerprint density at radius 1 is 1.50 bits per heavy atom. The van der Waals surface area contributed by atoms with Gasteiger partial charge in [-0.1, -0.05) is 0 Å². The molecule has 1 fully saturated rings. The highest BCUT2D eigenvalue weighted by molar-refractivity contribution is 4.69. The van der Waals surface area contributed by atoms with Gasteiger partial charge in [-0.05, 0) is 20.5 Å². The van der Waals surface area contributed by atoms with Gasteiger partial charge in [0, 0.05) is 19.6 Å². The van der Waals surface area contributed by atoms with Crippen molar-refractivity contribution in [2.75, 3.05) is 33.7 Å². The minimum Gasteiger partial charge on any atom is -0.305 e. The summed E-state index contributed by atoms with van der Waals surface area (Å²) in [5.41, 5.74) is 0. The van der Waals surface area contributed by atoms with Gasteiger partial charge in [-0.15, -0.1) is 0 Å². The van der Waals surface area contributed by atoms with Crippen molar-refractivity contribution in [2.45, 2.75) is 12.6 Å². The summed E-state index contributed by atoms with van der Waals surface area (Å²) in [5.74, 6) is 0. The van der Waals surface area contributed by atoms with Crippen LogP contribution in [0, 0.1) is 0 Å². The number of nitrogens with zero attached hydrogens (tertiary/aromatic N) is 1. The molecule has 0 aromatic rings. The molecule has 0 aromatic heterocycles. The number of hydrogen-bond acceptors (Lipinski definition) is 3. The van der Waals surface area contributed by atoms with Crippen LogP contribution in [0.3, 0.4) is 0 Å². The Bertz CT molecular complexity index is 94.9. The Labute approximate surface area is 62.8 Å². The second-order valence-electron chi connectivity index (χ2n) is 2.89. The van der Waals surface area contributed by atoms with Gasteiger partial charge in [-0.3, -0.25) is 0 Å². The van der Waals surface area contributed by atoms with E-state index in [1.54, 1.807) is 0 Å². The molecule has 1 heterocycles. The molecule has 1 atom stereocenters. The van der Waals surface area contributed by atoms with Gasteiger partial charge in [0.25, 0.3) is 0 Å². The van der Waals surface area contributed by atoms with E-state index in [0.717, 1.165) is 13.1 Å². The predicted octanol–water partition coefficient (Wildman–Crippen LogP) is -0.543. The molecule has 3 heteroatoms. The maximum Gasteiger partial charge on any atom is 0.0582 e. The van der Waals surface area contributed by atoms with Gasteiger partial charge in [-0.25, -0.2) is 0 Å². The van der Waals surface area contributed by atoms with Crippen molar-refractivity contribution in [1.82, 2.24) is 15.5 Å². The zero-order chi connectivity index (χ0) is 7.40. The molecule has 0 amide bonds. The van der Waals surface area contributed by atoms with Gasteiger partial charge < -0.3 is 15.5 Å². The van der Waals surface area contributed by atoms with E-state index in [1.807, 2.05) is 7.05 Å². The van der Waals surface area contributed by atoms with Gasteiger partial charge in [0.1, 0.15) is 0 Å². The molecular weight excluding hydrogens is 126 g/mol. The summed E-state index contributed by atoms with van der Waals surface area (Å²) in [6, 6.07) is 0. The van der Waals surface area contributed by atoms with Crippen molar-refractivity contribution < 1.29 is 0 Å². The van der Waals surface area contributed by atoms with E-state index in [2.05, 4.69) is 22.6 Å². The van der Waals surface area contributed by atoms with Crippen LogP contribution in [0.5, 0.6) is 0 Å². The molecule has 1 aliphatic rings. The number of rotatable bonds is 1. The molecule has 3 nitrogen and oxygen atoms in total. The second-order valence-corrected chi connectivity index (χ2v) is 2.89. The standard InChI is InChI=1S/C7H17N3/c1-8-7-3-5-10(2)6-4-9-7/h7-9H,3-6H2,1-2H3. The lowest BCUT2D eigenvalue weighted by Crippen LogP contribution is -2.40. The van der Waals surface area contributed by atoms with Crippen molar-refractivity contribution in [3.63, 3.8) is 0 Å². The molecule has 0 saturated carbocycles. The fraction of sp³-hybridized carbons (Fsp3) is 1.00. The summed E-state index contributed by atoms with van der Waals surface area (Å²) in [7, 11) is 4.17. The maximum absolute atomic E-state index is 3.41. The van der Waals surface area contributed by atoms with Crippen LogP contribution in [0.2, 0.25) is 0 Å². The molecule has 10 heavy (non-hydrogen) atoms. The summed E-state index contributed by atoms with van der Waals surface area (Å²) in [6.45, 7) is 3.46. The number of hydrogen-bond donors (Lipinski definition) is 2. The maximum atomic E-state index is 3.41. The SMILES string of the molecule is CNC1CCN(C)CCN1. The molecule has 0 aromatic carbocycles. The molecule has 60 valence electrons. The molecule has 0 aliphatic carbocycles. The van der Waals surface area contributed by atoms with Crippen molar-refractivity contribution >= 4 is 0 Å². The zero-order valence-corrected chi connectivity index (χ0v) is 6.85. The third kappa shape index (κ3) is 2.25. The van der Waals surface area contributed by atoms with Crippen molar-refractivity contribution in [1.29, 1.82) is 0 Å². The molecule has 1 rings (SSSR count). The molecule has 2 N–H and O–H groups in total. The van der Waals surface area contributed by atoms with Crippen LogP contribution >= 0.6 is 0 Å². The minimum absolute atomic E-state index is 0.518. The fourth-order valence-electron chi connectivity index (χ4n) is 1.24. The van der Waals surface area contributed by atoms with Gasteiger partial charge in [0.15, 0.2) is 0 Å². The first-order valence-electron chi connectivity index (χ1n) is 3.92. The van der Waals surface area contributed by atoms with Crippen molar-refractivity contribution in [3.8, 4) is 0 Å². The summed E-state index contributed by atoms with van der Waals surface area (Å²) in [4.78, 5) is 2.35. The van der Waals surface area contributed by atoms with E-state index in [4.69, 9.17) is 0 Å². The smallest absolute Gasteiger partial charge is 0.0582 e. The monoisotopic (exact) mass is 143 g/mol. The molecule has 1 unspecified atom stereocenters. The van der Waals surface area contributed by atoms with E-state index >= 15 is 0 Å². The lowest BCUT2D eigenvalue weighted by atomic mass is 10.3. The van der Waals surface area contributed by atoms with Crippen LogP contribution < -0.4 is 10.6 Å². The second kappa shape index (κ2) is 3.91. The van der Waals surface area contributed by atoms with E-state index < -0.39 is 0 Å². The first-order chi connectivity index (χ1) is 4.83. The molecule has 1 aliphatic heterocycles. The third-order valence-corrected chi connectivity index (χ3v) is 2.03. The quantitative estimate of drug-likeness (QED) is 0.516. The summed E-state index contributed by atoms with van der Waals surface area (Å²) >= 11 is 0. The normalized spacial score (nSPS) is 30.0. The average molecular weight is 143 g/mol. The highest BCUT2D eigenvalue weighted by Gasteiger charge is 2.10. The largest absolute Gasteiger partial charge is 0.305 e. The van der Waals surface area contributed by atoms with Crippen molar-refractivity contribution in [3.05, 3.63) is 0 Å². The van der Waals surface area contributed by atoms with Gasteiger partial charge in [0.05, 0.1) is 6.17 Å². The lowest BCUT2D eigenvalue weighted by Gasteiger charge is -2.13. The molecule has 1 saturated heterocycles. The predicted molar refractivity (Wildman–Crippen MR) is 43.0 cm³/mol. The van der Waals surface area contributed by atoms with Crippen LogP contribution in [0.25, 0.3) is 0 Å². The Morgan fingerprint density at radius 2 is 2.30 bits per heavy atom. The first kappa shape index (κ1) is 7.98. The van der Waals surface area contributed by atoms with Crippen LogP contribution in [0.4, 0.5) is 0 Å². The minimum atomic E-state index is 0.518. The number of nitrogens with one attached hydrogen (secondary N) is 2. The molecular formula is C7H17N3. The Hall–Kier alpha value is -0.120. The van der Waals surface area contributed by atoms with Gasteiger partial charge in [0.2, 0.25) is 0 Å². The Kier molecular flexibility index (Phi) is 3.12. The van der Waals surface area contributed by atoms with Crippen LogP contribution in [0.15, 0.2) is 0 Å². The van der Waals surface area contributed by atoms with Crippen LogP contribution in [-0.2, 0) is 0 Å². The highest BCUT2D eigenvalue weighted by Crippen LogP contribution is 1.95. The van der Waals surface area contributed by atoms with Gasteiger partial charge >= 0.3 is 0 Å². The van der Waals surface area contributed by atoms with E-state index in [-0.39, 0.29) is 0 Å². The molecule has 0 bridgehead atoms. The van der Waals surface area contributed by atoms with E-state index in [9.17, 15) is 0 Å². The summed E-state index contributed by atoms with van der Waals surface area (Å²) in [5, 5.41) is 6.64. The molecule has 0 radical (unpaired) electrons. The fourth-order valence-corrected chi connectivity index (χ4v) is 1.24. The Morgan fingerprint density at radius 3 is 3.00 bits per heavy atom. The highest BCUT2D eigenvalue weighted by atomic mass is 15.2. The van der Waals surface area contributed by atoms with Gasteiger partial charge in [-0.2, -0.15) is 0 Å². The summed E-state index contributed by atoms with van der Waals surface area (Å²) < 4.78 is 0. The van der Waals surface area contributed by atoms with Crippen molar-refractivity contribution in [2.24, 2.45) is 0 Å². The third-order valence-electron chi connectivity index (χ3n) is 2.03. The van der Waals surface area contributed by atoms with Crippen LogP contribution in [0.1, 0.15) is 6.42 Å². The molecule has 0 spiro atoms. The van der Waals surface area contributed by atoms with E-state index in [1.165, 1.54) is 13.0 Å². The average Bonchev–Trinajstić information content (AvgIpc) is 2.14. The zero-order valence-electron chi connectivity index (χ0n) is 6.85. The number of likely N-dealkylation sites (N-methyl/N-ethyl adjacent to an activating group) is 1. The van der Waals surface area contributed by atoms with E-state index in [0.29, 0.717) is 6.17 Å². The Balaban J connectivity index is 2.26. The first-order valence-corrected chi connectivity index (χ1v) is 3.92.